The van der Waals surface area contributed by atoms with Crippen molar-refractivity contribution in [2.75, 3.05) is 11.9 Å². The zero-order valence-electron chi connectivity index (χ0n) is 11.6. The molecular weight excluding hydrogens is 276 g/mol. The number of nitrogens with one attached hydrogen (secondary N) is 2. The van der Waals surface area contributed by atoms with Gasteiger partial charge in [-0.25, -0.2) is 9.97 Å². The van der Waals surface area contributed by atoms with Gasteiger partial charge in [0.25, 0.3) is 0 Å². The van der Waals surface area contributed by atoms with Gasteiger partial charge in [-0.3, -0.25) is 4.79 Å². The molecule has 0 bridgehead atoms. The van der Waals surface area contributed by atoms with Crippen LogP contribution < -0.4 is 10.6 Å². The van der Waals surface area contributed by atoms with Gasteiger partial charge in [-0.15, -0.1) is 0 Å². The first-order chi connectivity index (χ1) is 9.63. The molecule has 108 valence electrons. The molecule has 2 aliphatic carbocycles. The minimum Gasteiger partial charge on any atom is -0.369 e. The first-order valence-electron chi connectivity index (χ1n) is 7.20. The van der Waals surface area contributed by atoms with Crippen molar-refractivity contribution in [2.24, 2.45) is 0 Å². The van der Waals surface area contributed by atoms with E-state index in [1.165, 1.54) is 0 Å². The van der Waals surface area contributed by atoms with Gasteiger partial charge < -0.3 is 10.6 Å². The van der Waals surface area contributed by atoms with E-state index in [-0.39, 0.29) is 5.91 Å². The summed E-state index contributed by atoms with van der Waals surface area (Å²) in [7, 11) is 0. The van der Waals surface area contributed by atoms with Gasteiger partial charge in [-0.05, 0) is 32.6 Å². The minimum absolute atomic E-state index is 0.0974. The van der Waals surface area contributed by atoms with Crippen LogP contribution in [0.3, 0.4) is 0 Å². The molecule has 0 unspecified atom stereocenters. The van der Waals surface area contributed by atoms with Crippen LogP contribution in [0, 0.1) is 6.92 Å². The Labute approximate surface area is 123 Å². The Balaban J connectivity index is 1.56. The fourth-order valence-electron chi connectivity index (χ4n) is 2.02. The first kappa shape index (κ1) is 13.6. The lowest BCUT2D eigenvalue weighted by molar-refractivity contribution is -0.120. The Morgan fingerprint density at radius 2 is 2.05 bits per heavy atom. The number of rotatable bonds is 6. The van der Waals surface area contributed by atoms with Gasteiger partial charge in [0.1, 0.15) is 16.8 Å². The molecule has 0 aromatic carbocycles. The van der Waals surface area contributed by atoms with Crippen molar-refractivity contribution in [2.45, 2.75) is 51.0 Å². The van der Waals surface area contributed by atoms with Crippen LogP contribution in [0.4, 0.5) is 5.82 Å². The summed E-state index contributed by atoms with van der Waals surface area (Å²) in [5.74, 6) is 2.14. The summed E-state index contributed by atoms with van der Waals surface area (Å²) < 4.78 is 0. The van der Waals surface area contributed by atoms with Crippen LogP contribution >= 0.6 is 11.6 Å². The SMILES string of the molecule is Cc1c(Cl)nc(C2CC2)nc1NCCC(=O)NC1CC1. The van der Waals surface area contributed by atoms with Gasteiger partial charge in [0.15, 0.2) is 0 Å². The molecule has 2 aliphatic rings. The minimum atomic E-state index is 0.0974. The van der Waals surface area contributed by atoms with E-state index in [1.54, 1.807) is 0 Å². The predicted octanol–water partition coefficient (Wildman–Crippen LogP) is 2.40. The van der Waals surface area contributed by atoms with E-state index in [9.17, 15) is 4.79 Å². The van der Waals surface area contributed by atoms with Crippen LogP contribution in [0.15, 0.2) is 0 Å². The fourth-order valence-corrected chi connectivity index (χ4v) is 2.20. The van der Waals surface area contributed by atoms with Crippen LogP contribution in [0.25, 0.3) is 0 Å². The Bertz CT molecular complexity index is 526. The maximum atomic E-state index is 11.6. The normalized spacial score (nSPS) is 17.9. The highest BCUT2D eigenvalue weighted by atomic mass is 35.5. The molecule has 6 heteroatoms. The third kappa shape index (κ3) is 3.39. The van der Waals surface area contributed by atoms with E-state index in [0.29, 0.717) is 30.1 Å². The van der Waals surface area contributed by atoms with Crippen molar-refractivity contribution in [1.29, 1.82) is 0 Å². The highest BCUT2D eigenvalue weighted by Gasteiger charge is 2.28. The Morgan fingerprint density at radius 1 is 1.30 bits per heavy atom. The molecule has 2 saturated carbocycles. The number of halogens is 1. The number of aromatic nitrogens is 2. The zero-order chi connectivity index (χ0) is 14.1. The lowest BCUT2D eigenvalue weighted by Gasteiger charge is -2.11. The van der Waals surface area contributed by atoms with Crippen LogP contribution in [-0.4, -0.2) is 28.5 Å². The number of hydrogen-bond donors (Lipinski definition) is 2. The number of nitrogens with zero attached hydrogens (tertiary/aromatic N) is 2. The van der Waals surface area contributed by atoms with Crippen molar-refractivity contribution in [3.63, 3.8) is 0 Å². The average molecular weight is 295 g/mol. The third-order valence-corrected chi connectivity index (χ3v) is 4.00. The number of amides is 1. The smallest absolute Gasteiger partial charge is 0.221 e. The molecule has 20 heavy (non-hydrogen) atoms. The van der Waals surface area contributed by atoms with Gasteiger partial charge in [0.05, 0.1) is 0 Å². The Kier molecular flexibility index (Phi) is 3.78. The lowest BCUT2D eigenvalue weighted by atomic mass is 10.3. The molecule has 1 aromatic rings. The summed E-state index contributed by atoms with van der Waals surface area (Å²) in [5, 5.41) is 6.68. The molecule has 3 rings (SSSR count). The summed E-state index contributed by atoms with van der Waals surface area (Å²) >= 11 is 6.14. The Morgan fingerprint density at radius 3 is 2.70 bits per heavy atom. The third-order valence-electron chi connectivity index (χ3n) is 3.63. The summed E-state index contributed by atoms with van der Waals surface area (Å²) in [6.07, 6.45) is 4.97. The summed E-state index contributed by atoms with van der Waals surface area (Å²) in [5.41, 5.74) is 0.846. The Hall–Kier alpha value is -1.36. The van der Waals surface area contributed by atoms with Crippen LogP contribution in [0.2, 0.25) is 5.15 Å². The summed E-state index contributed by atoms with van der Waals surface area (Å²) in [6.45, 7) is 2.46. The van der Waals surface area contributed by atoms with Crippen molar-refractivity contribution < 1.29 is 4.79 Å². The second-order valence-electron chi connectivity index (χ2n) is 5.64. The van der Waals surface area contributed by atoms with Crippen molar-refractivity contribution >= 4 is 23.3 Å². The highest BCUT2D eigenvalue weighted by Crippen LogP contribution is 2.39. The zero-order valence-corrected chi connectivity index (χ0v) is 12.3. The van der Waals surface area contributed by atoms with Crippen molar-refractivity contribution in [3.05, 3.63) is 16.5 Å². The molecule has 1 heterocycles. The number of carbonyl (C=O) groups excluding carboxylic acids is 1. The van der Waals surface area contributed by atoms with E-state index < -0.39 is 0 Å². The molecule has 1 amide bonds. The fraction of sp³-hybridized carbons (Fsp3) is 0.643. The average Bonchev–Trinajstić information content (AvgIpc) is 3.25. The molecule has 2 N–H and O–H groups in total. The largest absolute Gasteiger partial charge is 0.369 e. The van der Waals surface area contributed by atoms with E-state index in [2.05, 4.69) is 20.6 Å². The lowest BCUT2D eigenvalue weighted by Crippen LogP contribution is -2.27. The number of anilines is 1. The molecule has 0 radical (unpaired) electrons. The maximum absolute atomic E-state index is 11.6. The highest BCUT2D eigenvalue weighted by molar-refractivity contribution is 6.30. The summed E-state index contributed by atoms with van der Waals surface area (Å²) in [6, 6.07) is 0.416. The van der Waals surface area contributed by atoms with Crippen molar-refractivity contribution in [3.8, 4) is 0 Å². The van der Waals surface area contributed by atoms with Crippen LogP contribution in [-0.2, 0) is 4.79 Å². The molecule has 0 saturated heterocycles. The van der Waals surface area contributed by atoms with Gasteiger partial charge in [-0.2, -0.15) is 0 Å². The van der Waals surface area contributed by atoms with Gasteiger partial charge >= 0.3 is 0 Å². The van der Waals surface area contributed by atoms with Crippen LogP contribution in [0.1, 0.15) is 49.4 Å². The quantitative estimate of drug-likeness (QED) is 0.791. The second kappa shape index (κ2) is 5.56. The van der Waals surface area contributed by atoms with Crippen molar-refractivity contribution in [1.82, 2.24) is 15.3 Å². The summed E-state index contributed by atoms with van der Waals surface area (Å²) in [4.78, 5) is 20.5. The van der Waals surface area contributed by atoms with Crippen LogP contribution in [0.5, 0.6) is 0 Å². The topological polar surface area (TPSA) is 66.9 Å². The molecule has 5 nitrogen and oxygen atoms in total. The maximum Gasteiger partial charge on any atom is 0.221 e. The van der Waals surface area contributed by atoms with E-state index in [1.807, 2.05) is 6.92 Å². The molecule has 0 aliphatic heterocycles. The van der Waals surface area contributed by atoms with Gasteiger partial charge in [-0.1, -0.05) is 11.6 Å². The molecule has 0 atom stereocenters. The second-order valence-corrected chi connectivity index (χ2v) is 6.00. The standard InChI is InChI=1S/C14H19ClN4O/c1-8-12(15)18-14(9-2-3-9)19-13(8)16-7-6-11(20)17-10-4-5-10/h9-10H,2-7H2,1H3,(H,17,20)(H,16,18,19). The first-order valence-corrected chi connectivity index (χ1v) is 7.58. The molecule has 2 fully saturated rings. The van der Waals surface area contributed by atoms with E-state index >= 15 is 0 Å². The molecular formula is C14H19ClN4O. The van der Waals surface area contributed by atoms with E-state index in [0.717, 1.165) is 42.9 Å². The number of hydrogen-bond acceptors (Lipinski definition) is 4. The predicted molar refractivity (Wildman–Crippen MR) is 78.0 cm³/mol. The monoisotopic (exact) mass is 294 g/mol. The van der Waals surface area contributed by atoms with Gasteiger partial charge in [0.2, 0.25) is 5.91 Å². The van der Waals surface area contributed by atoms with Gasteiger partial charge in [0, 0.05) is 30.5 Å². The van der Waals surface area contributed by atoms with E-state index in [4.69, 9.17) is 11.6 Å². The molecule has 1 aromatic heterocycles. The molecule has 0 spiro atoms. The number of carbonyl (C=O) groups is 1.